The number of ether oxygens (including phenoxy) is 1. The van der Waals surface area contributed by atoms with E-state index in [1.165, 1.54) is 6.07 Å². The maximum Gasteiger partial charge on any atom is 0.411 e. The number of hydrogen-bond acceptors (Lipinski definition) is 2. The number of nitrogens with one attached hydrogen (secondary N) is 1. The molecule has 0 aliphatic rings. The molecule has 0 fully saturated rings. The highest BCUT2D eigenvalue weighted by Crippen LogP contribution is 2.18. The van der Waals surface area contributed by atoms with Crippen LogP contribution in [-0.2, 0) is 11.2 Å². The van der Waals surface area contributed by atoms with E-state index in [1.54, 1.807) is 25.2 Å². The lowest BCUT2D eigenvalue weighted by Gasteiger charge is -2.17. The number of alkyl halides is 3. The van der Waals surface area contributed by atoms with Gasteiger partial charge in [-0.1, -0.05) is 18.2 Å². The molecule has 120 valence electrons. The molecule has 1 rings (SSSR count). The monoisotopic (exact) mass is 307 g/mol. The molecule has 2 nitrogen and oxygen atoms in total. The van der Waals surface area contributed by atoms with E-state index in [1.807, 2.05) is 0 Å². The first-order valence-corrected chi connectivity index (χ1v) is 6.95. The lowest BCUT2D eigenvalue weighted by atomic mass is 9.94. The standard InChI is InChI=1S/C15H21F4NO/c1-20-10-12(5-4-8-21-11-15(17,18)19)9-13-6-2-3-7-14(13)16/h2-3,6-7,12,20H,4-5,8-11H2,1H3. The number of halogens is 4. The minimum atomic E-state index is -4.28. The summed E-state index contributed by atoms with van der Waals surface area (Å²) in [5.74, 6) is -0.0756. The SMILES string of the molecule is CNCC(CCCOCC(F)(F)F)Cc1ccccc1F. The fraction of sp³-hybridized carbons (Fsp3) is 0.600. The van der Waals surface area contributed by atoms with Crippen molar-refractivity contribution in [2.75, 3.05) is 26.8 Å². The first kappa shape index (κ1) is 17.9. The van der Waals surface area contributed by atoms with Crippen LogP contribution in [0, 0.1) is 11.7 Å². The van der Waals surface area contributed by atoms with Crippen molar-refractivity contribution in [2.24, 2.45) is 5.92 Å². The molecule has 1 N–H and O–H groups in total. The second-order valence-corrected chi connectivity index (χ2v) is 5.03. The summed E-state index contributed by atoms with van der Waals surface area (Å²) in [6, 6.07) is 6.56. The predicted molar refractivity (Wildman–Crippen MR) is 73.6 cm³/mol. The highest BCUT2D eigenvalue weighted by molar-refractivity contribution is 5.17. The van der Waals surface area contributed by atoms with Gasteiger partial charge in [0.25, 0.3) is 0 Å². The van der Waals surface area contributed by atoms with Gasteiger partial charge in [0.2, 0.25) is 0 Å². The van der Waals surface area contributed by atoms with E-state index in [9.17, 15) is 17.6 Å². The van der Waals surface area contributed by atoms with Crippen molar-refractivity contribution in [1.29, 1.82) is 0 Å². The highest BCUT2D eigenvalue weighted by atomic mass is 19.4. The summed E-state index contributed by atoms with van der Waals surface area (Å²) in [6.07, 6.45) is -2.51. The molecule has 0 aliphatic carbocycles. The molecule has 1 aromatic carbocycles. The van der Waals surface area contributed by atoms with E-state index in [0.29, 0.717) is 31.4 Å². The van der Waals surface area contributed by atoms with Gasteiger partial charge in [0.15, 0.2) is 0 Å². The quantitative estimate of drug-likeness (QED) is 0.556. The zero-order valence-corrected chi connectivity index (χ0v) is 12.0. The van der Waals surface area contributed by atoms with Crippen molar-refractivity contribution in [2.45, 2.75) is 25.4 Å². The van der Waals surface area contributed by atoms with Gasteiger partial charge in [0.1, 0.15) is 12.4 Å². The molecule has 0 amide bonds. The Hall–Kier alpha value is -1.14. The Kier molecular flexibility index (Phi) is 7.67. The second-order valence-electron chi connectivity index (χ2n) is 5.03. The van der Waals surface area contributed by atoms with E-state index in [4.69, 9.17) is 0 Å². The molecule has 6 heteroatoms. The summed E-state index contributed by atoms with van der Waals surface area (Å²) in [5.41, 5.74) is 0.633. The Morgan fingerprint density at radius 2 is 1.95 bits per heavy atom. The third kappa shape index (κ3) is 8.02. The average molecular weight is 307 g/mol. The molecule has 0 aromatic heterocycles. The highest BCUT2D eigenvalue weighted by Gasteiger charge is 2.27. The molecule has 1 atom stereocenters. The molecule has 21 heavy (non-hydrogen) atoms. The minimum absolute atomic E-state index is 0.0665. The van der Waals surface area contributed by atoms with Crippen molar-refractivity contribution in [3.63, 3.8) is 0 Å². The Morgan fingerprint density at radius 1 is 1.24 bits per heavy atom. The Morgan fingerprint density at radius 3 is 2.57 bits per heavy atom. The van der Waals surface area contributed by atoms with Gasteiger partial charge in [-0.3, -0.25) is 0 Å². The van der Waals surface area contributed by atoms with Gasteiger partial charge in [0, 0.05) is 6.61 Å². The smallest absolute Gasteiger partial charge is 0.372 e. The van der Waals surface area contributed by atoms with Gasteiger partial charge in [-0.05, 0) is 50.4 Å². The molecule has 0 saturated carbocycles. The molecule has 1 unspecified atom stereocenters. The van der Waals surface area contributed by atoms with Crippen molar-refractivity contribution in [3.8, 4) is 0 Å². The topological polar surface area (TPSA) is 21.3 Å². The average Bonchev–Trinajstić information content (AvgIpc) is 2.39. The van der Waals surface area contributed by atoms with Crippen LogP contribution < -0.4 is 5.32 Å². The van der Waals surface area contributed by atoms with Crippen molar-refractivity contribution in [3.05, 3.63) is 35.6 Å². The molecule has 0 aliphatic heterocycles. The van der Waals surface area contributed by atoms with Gasteiger partial charge in [-0.15, -0.1) is 0 Å². The number of rotatable bonds is 9. The summed E-state index contributed by atoms with van der Waals surface area (Å²) < 4.78 is 53.9. The van der Waals surface area contributed by atoms with E-state index in [2.05, 4.69) is 10.1 Å². The van der Waals surface area contributed by atoms with Crippen molar-refractivity contribution in [1.82, 2.24) is 5.32 Å². The molecular weight excluding hydrogens is 286 g/mol. The lowest BCUT2D eigenvalue weighted by molar-refractivity contribution is -0.174. The summed E-state index contributed by atoms with van der Waals surface area (Å²) in [4.78, 5) is 0. The van der Waals surface area contributed by atoms with E-state index in [-0.39, 0.29) is 18.3 Å². The second kappa shape index (κ2) is 9.00. The maximum atomic E-state index is 13.6. The zero-order valence-electron chi connectivity index (χ0n) is 12.0. The molecule has 0 heterocycles. The molecule has 0 spiro atoms. The maximum absolute atomic E-state index is 13.6. The molecule has 0 saturated heterocycles. The van der Waals surface area contributed by atoms with Crippen LogP contribution in [0.2, 0.25) is 0 Å². The van der Waals surface area contributed by atoms with Crippen LogP contribution in [0.5, 0.6) is 0 Å². The number of hydrogen-bond donors (Lipinski definition) is 1. The summed E-state index contributed by atoms with van der Waals surface area (Å²) in [7, 11) is 1.80. The molecule has 0 radical (unpaired) electrons. The minimum Gasteiger partial charge on any atom is -0.372 e. The van der Waals surface area contributed by atoms with Crippen LogP contribution >= 0.6 is 0 Å². The van der Waals surface area contributed by atoms with Gasteiger partial charge in [0.05, 0.1) is 0 Å². The third-order valence-corrected chi connectivity index (χ3v) is 3.13. The van der Waals surface area contributed by atoms with Crippen LogP contribution in [0.3, 0.4) is 0 Å². The molecule has 0 bridgehead atoms. The van der Waals surface area contributed by atoms with Gasteiger partial charge >= 0.3 is 6.18 Å². The predicted octanol–water partition coefficient (Wildman–Crippen LogP) is 3.56. The summed E-state index contributed by atoms with van der Waals surface area (Å²) in [6.45, 7) is -0.457. The summed E-state index contributed by atoms with van der Waals surface area (Å²) in [5, 5.41) is 3.03. The molecular formula is C15H21F4NO. The van der Waals surface area contributed by atoms with E-state index >= 15 is 0 Å². The Balaban J connectivity index is 2.35. The van der Waals surface area contributed by atoms with Gasteiger partial charge in [-0.25, -0.2) is 4.39 Å². The Bertz CT molecular complexity index is 409. The van der Waals surface area contributed by atoms with E-state index < -0.39 is 12.8 Å². The van der Waals surface area contributed by atoms with Crippen molar-refractivity contribution < 1.29 is 22.3 Å². The number of benzene rings is 1. The van der Waals surface area contributed by atoms with Crippen LogP contribution in [0.4, 0.5) is 17.6 Å². The van der Waals surface area contributed by atoms with Gasteiger partial charge in [-0.2, -0.15) is 13.2 Å². The van der Waals surface area contributed by atoms with Crippen LogP contribution in [0.1, 0.15) is 18.4 Å². The first-order valence-electron chi connectivity index (χ1n) is 6.95. The van der Waals surface area contributed by atoms with E-state index in [0.717, 1.165) is 0 Å². The van der Waals surface area contributed by atoms with Crippen molar-refractivity contribution >= 4 is 0 Å². The van der Waals surface area contributed by atoms with Gasteiger partial charge < -0.3 is 10.1 Å². The zero-order chi connectivity index (χ0) is 15.7. The van der Waals surface area contributed by atoms with Crippen LogP contribution in [0.25, 0.3) is 0 Å². The fourth-order valence-corrected chi connectivity index (χ4v) is 2.20. The lowest BCUT2D eigenvalue weighted by Crippen LogP contribution is -2.22. The van der Waals surface area contributed by atoms with Crippen LogP contribution in [0.15, 0.2) is 24.3 Å². The largest absolute Gasteiger partial charge is 0.411 e. The normalized spacial score (nSPS) is 13.4. The molecule has 1 aromatic rings. The Labute approximate surface area is 122 Å². The summed E-state index contributed by atoms with van der Waals surface area (Å²) >= 11 is 0. The third-order valence-electron chi connectivity index (χ3n) is 3.13. The fourth-order valence-electron chi connectivity index (χ4n) is 2.20. The first-order chi connectivity index (χ1) is 9.92. The van der Waals surface area contributed by atoms with Crippen LogP contribution in [-0.4, -0.2) is 33.0 Å².